The third-order valence-electron chi connectivity index (χ3n) is 3.70. The molecule has 0 aromatic rings. The van der Waals surface area contributed by atoms with E-state index >= 15 is 0 Å². The van der Waals surface area contributed by atoms with E-state index < -0.39 is 0 Å². The van der Waals surface area contributed by atoms with Crippen LogP contribution in [0, 0.1) is 5.41 Å². The lowest BCUT2D eigenvalue weighted by Gasteiger charge is -2.40. The van der Waals surface area contributed by atoms with Crippen LogP contribution in [0.4, 0.5) is 0 Å². The Bertz CT molecular complexity index is 268. The van der Waals surface area contributed by atoms with Crippen molar-refractivity contribution < 1.29 is 9.53 Å². The van der Waals surface area contributed by atoms with E-state index in [0.29, 0.717) is 0 Å². The molecule has 1 unspecified atom stereocenters. The smallest absolute Gasteiger partial charge is 0.240 e. The van der Waals surface area contributed by atoms with Crippen molar-refractivity contribution in [3.63, 3.8) is 0 Å². The Hall–Kier alpha value is -0.610. The number of carbonyl (C=O) groups excluding carboxylic acids is 1. The van der Waals surface area contributed by atoms with Crippen LogP contribution in [0.2, 0.25) is 0 Å². The minimum Gasteiger partial charge on any atom is -0.380 e. The average Bonchev–Trinajstić information content (AvgIpc) is 2.24. The predicted molar refractivity (Wildman–Crippen MR) is 62.2 cm³/mol. The number of hydrogen-bond acceptors (Lipinski definition) is 3. The maximum atomic E-state index is 12.1. The lowest BCUT2D eigenvalue weighted by Crippen LogP contribution is -2.59. The zero-order valence-electron chi connectivity index (χ0n) is 10.3. The molecule has 0 aromatic carbocycles. The molecule has 2 aliphatic heterocycles. The maximum Gasteiger partial charge on any atom is 0.240 e. The third kappa shape index (κ3) is 2.38. The van der Waals surface area contributed by atoms with E-state index in [9.17, 15) is 4.79 Å². The zero-order chi connectivity index (χ0) is 11.6. The van der Waals surface area contributed by atoms with Crippen molar-refractivity contribution >= 4 is 5.91 Å². The van der Waals surface area contributed by atoms with Gasteiger partial charge in [0, 0.05) is 12.0 Å². The Morgan fingerprint density at radius 3 is 2.62 bits per heavy atom. The van der Waals surface area contributed by atoms with Crippen LogP contribution >= 0.6 is 0 Å². The number of hydrogen-bond donors (Lipinski definition) is 2. The van der Waals surface area contributed by atoms with Gasteiger partial charge in [0.1, 0.15) is 0 Å². The summed E-state index contributed by atoms with van der Waals surface area (Å²) in [6.45, 7) is 7.34. The standard InChI is InChI=1S/C12H22N2O2/c1-11(8-16-9-11)7-13-10(15)12(2)5-3-4-6-14-12/h14H,3-9H2,1-2H3,(H,13,15). The molecule has 0 radical (unpaired) electrons. The summed E-state index contributed by atoms with van der Waals surface area (Å²) in [6.07, 6.45) is 3.25. The van der Waals surface area contributed by atoms with Gasteiger partial charge in [0.05, 0.1) is 18.8 Å². The van der Waals surface area contributed by atoms with Gasteiger partial charge in [-0.05, 0) is 32.7 Å². The minimum atomic E-state index is -0.362. The van der Waals surface area contributed by atoms with Crippen LogP contribution < -0.4 is 10.6 Å². The molecule has 1 atom stereocenters. The van der Waals surface area contributed by atoms with Gasteiger partial charge in [-0.1, -0.05) is 6.92 Å². The lowest BCUT2D eigenvalue weighted by molar-refractivity contribution is -0.133. The number of carbonyl (C=O) groups is 1. The topological polar surface area (TPSA) is 50.4 Å². The van der Waals surface area contributed by atoms with Gasteiger partial charge in [0.25, 0.3) is 0 Å². The molecular weight excluding hydrogens is 204 g/mol. The number of piperidine rings is 1. The minimum absolute atomic E-state index is 0.139. The summed E-state index contributed by atoms with van der Waals surface area (Å²) < 4.78 is 5.17. The van der Waals surface area contributed by atoms with E-state index in [1.807, 2.05) is 6.92 Å². The molecule has 2 heterocycles. The van der Waals surface area contributed by atoms with E-state index in [1.165, 1.54) is 6.42 Å². The fourth-order valence-electron chi connectivity index (χ4n) is 2.29. The van der Waals surface area contributed by atoms with Crippen LogP contribution in [0.15, 0.2) is 0 Å². The first-order valence-electron chi connectivity index (χ1n) is 6.15. The first kappa shape index (κ1) is 11.9. The molecule has 0 aliphatic carbocycles. The van der Waals surface area contributed by atoms with Crippen molar-refractivity contribution in [1.82, 2.24) is 10.6 Å². The summed E-state index contributed by atoms with van der Waals surface area (Å²) in [5.74, 6) is 0.139. The van der Waals surface area contributed by atoms with Crippen molar-refractivity contribution in [1.29, 1.82) is 0 Å². The molecule has 2 saturated heterocycles. The lowest BCUT2D eigenvalue weighted by atomic mass is 9.87. The summed E-state index contributed by atoms with van der Waals surface area (Å²) in [5, 5.41) is 6.38. The monoisotopic (exact) mass is 226 g/mol. The van der Waals surface area contributed by atoms with Gasteiger partial charge < -0.3 is 15.4 Å². The number of nitrogens with one attached hydrogen (secondary N) is 2. The van der Waals surface area contributed by atoms with Gasteiger partial charge in [0.15, 0.2) is 0 Å². The highest BCUT2D eigenvalue weighted by atomic mass is 16.5. The normalized spacial score (nSPS) is 32.9. The van der Waals surface area contributed by atoms with Crippen LogP contribution in [0.1, 0.15) is 33.1 Å². The largest absolute Gasteiger partial charge is 0.380 e. The van der Waals surface area contributed by atoms with Crippen LogP contribution in [-0.4, -0.2) is 37.7 Å². The van der Waals surface area contributed by atoms with Crippen LogP contribution in [0.3, 0.4) is 0 Å². The fraction of sp³-hybridized carbons (Fsp3) is 0.917. The third-order valence-corrected chi connectivity index (χ3v) is 3.70. The molecule has 4 heteroatoms. The Morgan fingerprint density at radius 1 is 1.38 bits per heavy atom. The summed E-state index contributed by atoms with van der Waals surface area (Å²) in [5.41, 5.74) is -0.208. The molecule has 16 heavy (non-hydrogen) atoms. The van der Waals surface area contributed by atoms with E-state index in [4.69, 9.17) is 4.74 Å². The summed E-state index contributed by atoms with van der Waals surface area (Å²) in [4.78, 5) is 12.1. The van der Waals surface area contributed by atoms with Gasteiger partial charge in [-0.25, -0.2) is 0 Å². The molecule has 0 spiro atoms. The summed E-state index contributed by atoms with van der Waals surface area (Å²) in [6, 6.07) is 0. The molecule has 2 fully saturated rings. The Morgan fingerprint density at radius 2 is 2.12 bits per heavy atom. The fourth-order valence-corrected chi connectivity index (χ4v) is 2.29. The Labute approximate surface area is 97.1 Å². The van der Waals surface area contributed by atoms with Gasteiger partial charge in [0.2, 0.25) is 5.91 Å². The highest BCUT2D eigenvalue weighted by molar-refractivity contribution is 5.86. The van der Waals surface area contributed by atoms with Crippen molar-refractivity contribution in [3.05, 3.63) is 0 Å². The van der Waals surface area contributed by atoms with Crippen molar-refractivity contribution in [2.45, 2.75) is 38.6 Å². The van der Waals surface area contributed by atoms with Crippen LogP contribution in [0.25, 0.3) is 0 Å². The predicted octanol–water partition coefficient (Wildman–Crippen LogP) is 0.671. The van der Waals surface area contributed by atoms with E-state index in [2.05, 4.69) is 17.6 Å². The Kier molecular flexibility index (Phi) is 3.22. The second kappa shape index (κ2) is 4.34. The highest BCUT2D eigenvalue weighted by Crippen LogP contribution is 2.26. The number of amides is 1. The van der Waals surface area contributed by atoms with E-state index in [0.717, 1.165) is 39.1 Å². The molecule has 1 amide bonds. The highest BCUT2D eigenvalue weighted by Gasteiger charge is 2.38. The maximum absolute atomic E-state index is 12.1. The molecular formula is C12H22N2O2. The van der Waals surface area contributed by atoms with Crippen molar-refractivity contribution in [2.75, 3.05) is 26.3 Å². The second-order valence-corrected chi connectivity index (χ2v) is 5.70. The van der Waals surface area contributed by atoms with Crippen molar-refractivity contribution in [3.8, 4) is 0 Å². The second-order valence-electron chi connectivity index (χ2n) is 5.70. The molecule has 0 aromatic heterocycles. The average molecular weight is 226 g/mol. The van der Waals surface area contributed by atoms with Crippen molar-refractivity contribution in [2.24, 2.45) is 5.41 Å². The summed E-state index contributed by atoms with van der Waals surface area (Å²) in [7, 11) is 0. The van der Waals surface area contributed by atoms with Crippen LogP contribution in [0.5, 0.6) is 0 Å². The molecule has 0 bridgehead atoms. The number of ether oxygens (including phenoxy) is 1. The first-order valence-corrected chi connectivity index (χ1v) is 6.15. The van der Waals surface area contributed by atoms with Crippen LogP contribution in [-0.2, 0) is 9.53 Å². The van der Waals surface area contributed by atoms with Gasteiger partial charge in [-0.15, -0.1) is 0 Å². The summed E-state index contributed by atoms with van der Waals surface area (Å²) >= 11 is 0. The van der Waals surface area contributed by atoms with E-state index in [-0.39, 0.29) is 16.9 Å². The quantitative estimate of drug-likeness (QED) is 0.743. The Balaban J connectivity index is 1.82. The molecule has 2 aliphatic rings. The first-order chi connectivity index (χ1) is 7.54. The van der Waals surface area contributed by atoms with Gasteiger partial charge >= 0.3 is 0 Å². The molecule has 4 nitrogen and oxygen atoms in total. The zero-order valence-corrected chi connectivity index (χ0v) is 10.3. The molecule has 0 saturated carbocycles. The molecule has 2 N–H and O–H groups in total. The molecule has 2 rings (SSSR count). The van der Waals surface area contributed by atoms with Gasteiger partial charge in [-0.2, -0.15) is 0 Å². The number of rotatable bonds is 3. The molecule has 92 valence electrons. The van der Waals surface area contributed by atoms with Gasteiger partial charge in [-0.3, -0.25) is 4.79 Å². The SMILES string of the molecule is CC1(CNC(=O)C2(C)CCCCN2)COC1. The van der Waals surface area contributed by atoms with E-state index in [1.54, 1.807) is 0 Å².